The lowest BCUT2D eigenvalue weighted by Gasteiger charge is -2.33. The number of carbonyl (C=O) groups is 2. The molecule has 0 fully saturated rings. The van der Waals surface area contributed by atoms with Gasteiger partial charge >= 0.3 is 0 Å². The van der Waals surface area contributed by atoms with Gasteiger partial charge in [-0.3, -0.25) is 9.59 Å². The smallest absolute Gasteiger partial charge is 0.261 e. The molecule has 3 aromatic rings. The van der Waals surface area contributed by atoms with E-state index in [1.807, 2.05) is 107 Å². The van der Waals surface area contributed by atoms with Crippen molar-refractivity contribution in [2.45, 2.75) is 52.2 Å². The first-order valence-corrected chi connectivity index (χ1v) is 12.8. The third-order valence-corrected chi connectivity index (χ3v) is 6.14. The van der Waals surface area contributed by atoms with Gasteiger partial charge in [0.05, 0.1) is 0 Å². The Morgan fingerprint density at radius 3 is 2.14 bits per heavy atom. The summed E-state index contributed by atoms with van der Waals surface area (Å²) in [4.78, 5) is 28.7. The van der Waals surface area contributed by atoms with Crippen molar-refractivity contribution in [3.05, 3.63) is 99.1 Å². The number of amides is 2. The fourth-order valence-electron chi connectivity index (χ4n) is 3.66. The summed E-state index contributed by atoms with van der Waals surface area (Å²) in [5.74, 6) is 0.193. The van der Waals surface area contributed by atoms with E-state index in [0.29, 0.717) is 18.7 Å². The predicted octanol–water partition coefficient (Wildman–Crippen LogP) is 5.53. The number of halogens is 1. The molecule has 35 heavy (non-hydrogen) atoms. The van der Waals surface area contributed by atoms with E-state index in [4.69, 9.17) is 4.74 Å². The maximum absolute atomic E-state index is 13.6. The number of hydrogen-bond donors (Lipinski definition) is 1. The summed E-state index contributed by atoms with van der Waals surface area (Å²) in [5.41, 5.74) is 2.66. The van der Waals surface area contributed by atoms with E-state index in [1.54, 1.807) is 4.90 Å². The van der Waals surface area contributed by atoms with Crippen LogP contribution in [-0.4, -0.2) is 34.9 Å². The lowest BCUT2D eigenvalue weighted by molar-refractivity contribution is -0.143. The van der Waals surface area contributed by atoms with Crippen LogP contribution < -0.4 is 10.1 Å². The molecule has 0 aliphatic heterocycles. The molecule has 0 aliphatic rings. The molecule has 0 spiro atoms. The van der Waals surface area contributed by atoms with Gasteiger partial charge in [0, 0.05) is 22.1 Å². The number of carbonyl (C=O) groups excluding carboxylic acids is 2. The third kappa shape index (κ3) is 8.69. The molecule has 0 saturated heterocycles. The van der Waals surface area contributed by atoms with Crippen LogP contribution in [0.15, 0.2) is 78.9 Å². The van der Waals surface area contributed by atoms with E-state index in [1.165, 1.54) is 0 Å². The van der Waals surface area contributed by atoms with Crippen molar-refractivity contribution in [1.29, 1.82) is 0 Å². The van der Waals surface area contributed by atoms with Gasteiger partial charge in [-0.25, -0.2) is 0 Å². The maximum Gasteiger partial charge on any atom is 0.261 e. The van der Waals surface area contributed by atoms with Crippen LogP contribution in [0.4, 0.5) is 0 Å². The van der Waals surface area contributed by atoms with E-state index in [-0.39, 0.29) is 18.4 Å². The highest BCUT2D eigenvalue weighted by molar-refractivity contribution is 14.1. The first kappa shape index (κ1) is 26.7. The Bertz CT molecular complexity index is 1110. The number of nitrogens with zero attached hydrogens (tertiary/aromatic N) is 1. The minimum Gasteiger partial charge on any atom is -0.484 e. The second kappa shape index (κ2) is 12.2. The largest absolute Gasteiger partial charge is 0.484 e. The zero-order valence-corrected chi connectivity index (χ0v) is 22.9. The van der Waals surface area contributed by atoms with Crippen molar-refractivity contribution < 1.29 is 14.3 Å². The van der Waals surface area contributed by atoms with Gasteiger partial charge in [0.15, 0.2) is 6.61 Å². The molecule has 0 radical (unpaired) electrons. The van der Waals surface area contributed by atoms with E-state index in [0.717, 1.165) is 20.3 Å². The Hall–Kier alpha value is -2.87. The second-order valence-corrected chi connectivity index (χ2v) is 10.9. The minimum atomic E-state index is -0.689. The summed E-state index contributed by atoms with van der Waals surface area (Å²) in [6, 6.07) is 24.7. The predicted molar refractivity (Wildman–Crippen MR) is 148 cm³/mol. The molecule has 2 amide bonds. The van der Waals surface area contributed by atoms with E-state index < -0.39 is 11.6 Å². The number of benzene rings is 3. The quantitative estimate of drug-likeness (QED) is 0.337. The van der Waals surface area contributed by atoms with Crippen LogP contribution in [-0.2, 0) is 22.6 Å². The van der Waals surface area contributed by atoms with Crippen LogP contribution in [0.2, 0.25) is 0 Å². The monoisotopic (exact) mass is 584 g/mol. The number of aryl methyl sites for hydroxylation is 1. The average molecular weight is 584 g/mol. The molecule has 3 aromatic carbocycles. The van der Waals surface area contributed by atoms with Crippen molar-refractivity contribution in [1.82, 2.24) is 10.2 Å². The lowest BCUT2D eigenvalue weighted by Crippen LogP contribution is -2.55. The van der Waals surface area contributed by atoms with Gasteiger partial charge in [-0.1, -0.05) is 60.2 Å². The summed E-state index contributed by atoms with van der Waals surface area (Å²) in [5, 5.41) is 3.08. The normalized spacial score (nSPS) is 12.0. The van der Waals surface area contributed by atoms with Crippen molar-refractivity contribution >= 4 is 34.4 Å². The fraction of sp³-hybridized carbons (Fsp3) is 0.310. The van der Waals surface area contributed by atoms with Crippen LogP contribution in [0.25, 0.3) is 0 Å². The van der Waals surface area contributed by atoms with Crippen LogP contribution in [0.1, 0.15) is 37.5 Å². The first-order chi connectivity index (χ1) is 16.6. The van der Waals surface area contributed by atoms with Gasteiger partial charge in [-0.05, 0) is 85.7 Å². The molecule has 0 heterocycles. The zero-order chi connectivity index (χ0) is 25.4. The molecular weight excluding hydrogens is 551 g/mol. The molecular formula is C29H33IN2O3. The molecule has 1 N–H and O–H groups in total. The Kier molecular flexibility index (Phi) is 9.32. The van der Waals surface area contributed by atoms with Crippen LogP contribution in [0, 0.1) is 10.5 Å². The van der Waals surface area contributed by atoms with Crippen molar-refractivity contribution in [2.24, 2.45) is 0 Å². The van der Waals surface area contributed by atoms with E-state index in [2.05, 4.69) is 27.9 Å². The van der Waals surface area contributed by atoms with Gasteiger partial charge in [-0.2, -0.15) is 0 Å². The van der Waals surface area contributed by atoms with Gasteiger partial charge in [0.1, 0.15) is 11.8 Å². The lowest BCUT2D eigenvalue weighted by atomic mass is 10.0. The molecule has 6 heteroatoms. The van der Waals surface area contributed by atoms with E-state index in [9.17, 15) is 9.59 Å². The number of nitrogens with one attached hydrogen (secondary N) is 1. The molecule has 3 rings (SSSR count). The van der Waals surface area contributed by atoms with Crippen LogP contribution in [0.5, 0.6) is 5.75 Å². The number of rotatable bonds is 9. The fourth-order valence-corrected chi connectivity index (χ4v) is 4.02. The third-order valence-electron chi connectivity index (χ3n) is 5.42. The van der Waals surface area contributed by atoms with Gasteiger partial charge in [-0.15, -0.1) is 0 Å². The summed E-state index contributed by atoms with van der Waals surface area (Å²) in [7, 11) is 0. The van der Waals surface area contributed by atoms with Crippen LogP contribution >= 0.6 is 22.6 Å². The highest BCUT2D eigenvalue weighted by Gasteiger charge is 2.32. The SMILES string of the molecule is Cc1ccc(CN(C(=O)COc2ccc(I)cc2)[C@@H](Cc2ccccc2)C(=O)NC(C)(C)C)cc1. The Morgan fingerprint density at radius 1 is 0.914 bits per heavy atom. The molecule has 0 bridgehead atoms. The average Bonchev–Trinajstić information content (AvgIpc) is 2.81. The Labute approximate surface area is 222 Å². The highest BCUT2D eigenvalue weighted by Crippen LogP contribution is 2.18. The topological polar surface area (TPSA) is 58.6 Å². The zero-order valence-electron chi connectivity index (χ0n) is 20.8. The van der Waals surface area contributed by atoms with E-state index >= 15 is 0 Å². The Morgan fingerprint density at radius 2 is 1.54 bits per heavy atom. The number of hydrogen-bond acceptors (Lipinski definition) is 3. The molecule has 0 unspecified atom stereocenters. The minimum absolute atomic E-state index is 0.152. The molecule has 0 saturated carbocycles. The standard InChI is InChI=1S/C29H33IN2O3/c1-21-10-12-23(13-11-21)19-32(27(33)20-35-25-16-14-24(30)15-17-25)26(28(34)31-29(2,3)4)18-22-8-6-5-7-9-22/h5-17,26H,18-20H2,1-4H3,(H,31,34)/t26-/m0/s1. The number of ether oxygens (including phenoxy) is 1. The molecule has 1 atom stereocenters. The van der Waals surface area contributed by atoms with Gasteiger partial charge < -0.3 is 15.0 Å². The highest BCUT2D eigenvalue weighted by atomic mass is 127. The van der Waals surface area contributed by atoms with Gasteiger partial charge in [0.25, 0.3) is 5.91 Å². The van der Waals surface area contributed by atoms with Crippen molar-refractivity contribution in [2.75, 3.05) is 6.61 Å². The summed E-state index contributed by atoms with van der Waals surface area (Å²) in [6.07, 6.45) is 0.407. The van der Waals surface area contributed by atoms with Crippen molar-refractivity contribution in [3.63, 3.8) is 0 Å². The summed E-state index contributed by atoms with van der Waals surface area (Å²) >= 11 is 2.23. The molecule has 0 aliphatic carbocycles. The molecule has 184 valence electrons. The Balaban J connectivity index is 1.91. The second-order valence-electron chi connectivity index (χ2n) is 9.69. The van der Waals surface area contributed by atoms with Gasteiger partial charge in [0.2, 0.25) is 5.91 Å². The maximum atomic E-state index is 13.6. The van der Waals surface area contributed by atoms with Crippen LogP contribution in [0.3, 0.4) is 0 Å². The molecule has 0 aromatic heterocycles. The summed E-state index contributed by atoms with van der Waals surface area (Å²) in [6.45, 7) is 8.00. The first-order valence-electron chi connectivity index (χ1n) is 11.7. The van der Waals surface area contributed by atoms with Crippen molar-refractivity contribution in [3.8, 4) is 5.75 Å². The molecule has 5 nitrogen and oxygen atoms in total. The summed E-state index contributed by atoms with van der Waals surface area (Å²) < 4.78 is 6.90.